The lowest BCUT2D eigenvalue weighted by molar-refractivity contribution is 0.102. The Morgan fingerprint density at radius 3 is 2.78 bits per heavy atom. The van der Waals surface area contributed by atoms with Gasteiger partial charge in [0.2, 0.25) is 0 Å². The van der Waals surface area contributed by atoms with Crippen LogP contribution in [-0.4, -0.2) is 15.9 Å². The number of nitrogens with zero attached hydrogens (tertiary/aromatic N) is 2. The summed E-state index contributed by atoms with van der Waals surface area (Å²) in [4.78, 5) is 21.0. The molecule has 4 rings (SSSR count). The summed E-state index contributed by atoms with van der Waals surface area (Å²) in [6, 6.07) is 8.79. The molecule has 0 aliphatic carbocycles. The van der Waals surface area contributed by atoms with Crippen molar-refractivity contribution in [3.63, 3.8) is 0 Å². The predicted octanol–water partition coefficient (Wildman–Crippen LogP) is 5.47. The molecule has 8 heteroatoms. The van der Waals surface area contributed by atoms with Crippen molar-refractivity contribution in [3.8, 4) is 0 Å². The number of benzene rings is 2. The van der Waals surface area contributed by atoms with Gasteiger partial charge < -0.3 is 0 Å². The number of fused-ring (bicyclic) bond motifs is 2. The summed E-state index contributed by atoms with van der Waals surface area (Å²) in [5, 5.41) is 4.33. The Balaban J connectivity index is 1.68. The van der Waals surface area contributed by atoms with Gasteiger partial charge in [0.15, 0.2) is 5.13 Å². The molecule has 0 aliphatic rings. The van der Waals surface area contributed by atoms with E-state index in [1.54, 1.807) is 23.7 Å². The van der Waals surface area contributed by atoms with E-state index in [-0.39, 0.29) is 5.91 Å². The van der Waals surface area contributed by atoms with Crippen LogP contribution in [-0.2, 0) is 0 Å². The Labute approximate surface area is 148 Å². The van der Waals surface area contributed by atoms with Crippen molar-refractivity contribution in [2.75, 3.05) is 5.32 Å². The molecule has 0 saturated heterocycles. The maximum absolute atomic E-state index is 12.4. The van der Waals surface area contributed by atoms with E-state index in [4.69, 9.17) is 23.2 Å². The summed E-state index contributed by atoms with van der Waals surface area (Å²) in [7, 11) is 0. The van der Waals surface area contributed by atoms with E-state index in [1.165, 1.54) is 22.7 Å². The average Bonchev–Trinajstić information content (AvgIpc) is 3.17. The Morgan fingerprint density at radius 1 is 1.13 bits per heavy atom. The van der Waals surface area contributed by atoms with Crippen LogP contribution in [0.4, 0.5) is 5.13 Å². The molecule has 4 nitrogen and oxygen atoms in total. The van der Waals surface area contributed by atoms with Gasteiger partial charge in [-0.2, -0.15) is 0 Å². The van der Waals surface area contributed by atoms with E-state index < -0.39 is 0 Å². The lowest BCUT2D eigenvalue weighted by Gasteiger charge is -2.01. The highest BCUT2D eigenvalue weighted by molar-refractivity contribution is 7.23. The van der Waals surface area contributed by atoms with Crippen molar-refractivity contribution in [1.82, 2.24) is 9.97 Å². The molecule has 1 N–H and O–H groups in total. The molecule has 0 aliphatic heterocycles. The van der Waals surface area contributed by atoms with Crippen molar-refractivity contribution in [2.45, 2.75) is 0 Å². The molecule has 2 heterocycles. The van der Waals surface area contributed by atoms with Crippen LogP contribution in [0, 0.1) is 0 Å². The standard InChI is InChI=1S/C15H7Cl2N3OS2/c16-8-2-3-9(17)13-12(8)19-15(23-13)20-14(21)7-1-4-10-11(5-7)22-6-18-10/h1-6H,(H,19,20,21). The van der Waals surface area contributed by atoms with Gasteiger partial charge in [0.1, 0.15) is 5.52 Å². The van der Waals surface area contributed by atoms with E-state index in [0.717, 1.165) is 14.9 Å². The highest BCUT2D eigenvalue weighted by Gasteiger charge is 2.14. The molecule has 2 aromatic heterocycles. The highest BCUT2D eigenvalue weighted by atomic mass is 35.5. The van der Waals surface area contributed by atoms with Gasteiger partial charge in [-0.3, -0.25) is 10.1 Å². The molecular formula is C15H7Cl2N3OS2. The van der Waals surface area contributed by atoms with Crippen LogP contribution in [0.5, 0.6) is 0 Å². The third kappa shape index (κ3) is 2.68. The van der Waals surface area contributed by atoms with Crippen LogP contribution in [0.2, 0.25) is 10.0 Å². The van der Waals surface area contributed by atoms with E-state index in [1.807, 2.05) is 12.1 Å². The zero-order valence-corrected chi connectivity index (χ0v) is 14.5. The number of rotatable bonds is 2. The van der Waals surface area contributed by atoms with Crippen molar-refractivity contribution in [1.29, 1.82) is 0 Å². The zero-order valence-electron chi connectivity index (χ0n) is 11.3. The van der Waals surface area contributed by atoms with Crippen molar-refractivity contribution in [2.24, 2.45) is 0 Å². The number of hydrogen-bond acceptors (Lipinski definition) is 5. The number of anilines is 1. The minimum atomic E-state index is -0.230. The summed E-state index contributed by atoms with van der Waals surface area (Å²) >= 11 is 15.0. The normalized spacial score (nSPS) is 11.2. The van der Waals surface area contributed by atoms with Crippen LogP contribution >= 0.6 is 45.9 Å². The SMILES string of the molecule is O=C(Nc1nc2c(Cl)ccc(Cl)c2s1)c1ccc2ncsc2c1. The summed E-state index contributed by atoms with van der Waals surface area (Å²) in [6.07, 6.45) is 0. The molecular weight excluding hydrogens is 373 g/mol. The van der Waals surface area contributed by atoms with Gasteiger partial charge in [-0.25, -0.2) is 9.97 Å². The second kappa shape index (κ2) is 5.72. The van der Waals surface area contributed by atoms with Crippen LogP contribution < -0.4 is 5.32 Å². The monoisotopic (exact) mass is 379 g/mol. The third-order valence-electron chi connectivity index (χ3n) is 3.26. The smallest absolute Gasteiger partial charge is 0.257 e. The first-order chi connectivity index (χ1) is 11.1. The zero-order chi connectivity index (χ0) is 16.0. The molecule has 1 amide bonds. The van der Waals surface area contributed by atoms with E-state index in [0.29, 0.717) is 26.3 Å². The van der Waals surface area contributed by atoms with Gasteiger partial charge in [-0.15, -0.1) is 11.3 Å². The van der Waals surface area contributed by atoms with Crippen molar-refractivity contribution in [3.05, 3.63) is 51.5 Å². The highest BCUT2D eigenvalue weighted by Crippen LogP contribution is 2.36. The van der Waals surface area contributed by atoms with E-state index in [2.05, 4.69) is 15.3 Å². The maximum atomic E-state index is 12.4. The van der Waals surface area contributed by atoms with E-state index >= 15 is 0 Å². The molecule has 0 radical (unpaired) electrons. The summed E-state index contributed by atoms with van der Waals surface area (Å²) in [5.74, 6) is -0.230. The Kier molecular flexibility index (Phi) is 3.69. The largest absolute Gasteiger partial charge is 0.298 e. The number of carbonyl (C=O) groups excluding carboxylic acids is 1. The first-order valence-corrected chi connectivity index (χ1v) is 8.96. The maximum Gasteiger partial charge on any atom is 0.257 e. The van der Waals surface area contributed by atoms with Crippen molar-refractivity contribution < 1.29 is 4.79 Å². The quantitative estimate of drug-likeness (QED) is 0.502. The minimum absolute atomic E-state index is 0.230. The summed E-state index contributed by atoms with van der Waals surface area (Å²) < 4.78 is 1.72. The number of carbonyl (C=O) groups is 1. The lowest BCUT2D eigenvalue weighted by atomic mass is 10.2. The number of aromatic nitrogens is 2. The molecule has 0 unspecified atom stereocenters. The molecule has 0 bridgehead atoms. The second-order valence-electron chi connectivity index (χ2n) is 4.71. The fourth-order valence-electron chi connectivity index (χ4n) is 2.16. The Bertz CT molecular complexity index is 1020. The van der Waals surface area contributed by atoms with Gasteiger partial charge in [-0.1, -0.05) is 34.5 Å². The van der Waals surface area contributed by atoms with E-state index in [9.17, 15) is 4.79 Å². The average molecular weight is 380 g/mol. The molecule has 0 fully saturated rings. The lowest BCUT2D eigenvalue weighted by Crippen LogP contribution is -2.11. The second-order valence-corrected chi connectivity index (χ2v) is 7.41. The van der Waals surface area contributed by atoms with Gasteiger partial charge in [0, 0.05) is 5.56 Å². The number of thiazole rings is 2. The topological polar surface area (TPSA) is 54.9 Å². The fourth-order valence-corrected chi connectivity index (χ4v) is 4.30. The van der Waals surface area contributed by atoms with Crippen molar-refractivity contribution >= 4 is 77.3 Å². The minimum Gasteiger partial charge on any atom is -0.298 e. The number of hydrogen-bond donors (Lipinski definition) is 1. The Hall–Kier alpha value is -1.73. The number of amides is 1. The van der Waals surface area contributed by atoms with Gasteiger partial charge in [0.25, 0.3) is 5.91 Å². The summed E-state index contributed by atoms with van der Waals surface area (Å²) in [6.45, 7) is 0. The van der Waals surface area contributed by atoms with Gasteiger partial charge >= 0.3 is 0 Å². The molecule has 0 atom stereocenters. The first-order valence-electron chi connectivity index (χ1n) is 6.51. The number of halogens is 2. The molecule has 114 valence electrons. The molecule has 0 spiro atoms. The van der Waals surface area contributed by atoms with Gasteiger partial charge in [0.05, 0.1) is 30.5 Å². The van der Waals surface area contributed by atoms with Crippen LogP contribution in [0.3, 0.4) is 0 Å². The molecule has 2 aromatic carbocycles. The number of nitrogens with one attached hydrogen (secondary N) is 1. The third-order valence-corrected chi connectivity index (χ3v) is 5.79. The predicted molar refractivity (Wildman–Crippen MR) is 97.2 cm³/mol. The van der Waals surface area contributed by atoms with Crippen LogP contribution in [0.25, 0.3) is 20.4 Å². The van der Waals surface area contributed by atoms with Crippen LogP contribution in [0.15, 0.2) is 35.8 Å². The summed E-state index contributed by atoms with van der Waals surface area (Å²) in [5.41, 5.74) is 3.78. The first kappa shape index (κ1) is 14.8. The molecule has 4 aromatic rings. The Morgan fingerprint density at radius 2 is 1.96 bits per heavy atom. The van der Waals surface area contributed by atoms with Crippen LogP contribution in [0.1, 0.15) is 10.4 Å². The van der Waals surface area contributed by atoms with Gasteiger partial charge in [-0.05, 0) is 30.3 Å². The molecule has 0 saturated carbocycles. The fraction of sp³-hybridized carbons (Fsp3) is 0. The molecule has 23 heavy (non-hydrogen) atoms.